The highest BCUT2D eigenvalue weighted by molar-refractivity contribution is 9.10. The smallest absolute Gasteiger partial charge is 0.353 e. The van der Waals surface area contributed by atoms with Gasteiger partial charge in [0.05, 0.1) is 32.3 Å². The van der Waals surface area contributed by atoms with Crippen LogP contribution in [0.1, 0.15) is 16.2 Å². The summed E-state index contributed by atoms with van der Waals surface area (Å²) in [6.07, 6.45) is 0. The zero-order valence-corrected chi connectivity index (χ0v) is 16.5. The molecule has 0 amide bonds. The number of halogens is 1. The molecule has 146 valence electrons. The number of carboxylic acids is 2. The van der Waals surface area contributed by atoms with Crippen LogP contribution in [-0.4, -0.2) is 55.0 Å². The molecule has 0 saturated heterocycles. The number of benzene rings is 1. The lowest BCUT2D eigenvalue weighted by atomic mass is 10.0. The number of hydrogen-bond acceptors (Lipinski definition) is 6. The number of aromatic carboxylic acids is 1. The van der Waals surface area contributed by atoms with Crippen molar-refractivity contribution in [2.24, 2.45) is 0 Å². The van der Waals surface area contributed by atoms with E-state index in [0.717, 1.165) is 0 Å². The molecule has 2 rings (SSSR count). The van der Waals surface area contributed by atoms with E-state index in [1.165, 1.54) is 21.3 Å². The van der Waals surface area contributed by atoms with Crippen LogP contribution < -0.4 is 19.5 Å². The predicted molar refractivity (Wildman–Crippen MR) is 99.9 cm³/mol. The number of ether oxygens (including phenoxy) is 3. The first kappa shape index (κ1) is 20.6. The van der Waals surface area contributed by atoms with Crippen molar-refractivity contribution < 1.29 is 34.0 Å². The molecule has 4 N–H and O–H groups in total. The molecular formula is C17H19BrN2O7. The number of methoxy groups -OCH3 is 3. The second-order valence-corrected chi connectivity index (χ2v) is 6.14. The minimum Gasteiger partial charge on any atom is -0.493 e. The number of carbonyl (C=O) groups is 2. The average Bonchev–Trinajstić information content (AvgIpc) is 2.96. The highest BCUT2D eigenvalue weighted by Gasteiger charge is 2.26. The van der Waals surface area contributed by atoms with Gasteiger partial charge in [0, 0.05) is 23.4 Å². The molecule has 0 aliphatic rings. The van der Waals surface area contributed by atoms with Crippen molar-refractivity contribution in [1.82, 2.24) is 10.3 Å². The van der Waals surface area contributed by atoms with E-state index in [4.69, 9.17) is 19.3 Å². The number of aromatic amines is 1. The van der Waals surface area contributed by atoms with E-state index >= 15 is 0 Å². The van der Waals surface area contributed by atoms with E-state index in [9.17, 15) is 14.7 Å². The lowest BCUT2D eigenvalue weighted by molar-refractivity contribution is -0.136. The van der Waals surface area contributed by atoms with Gasteiger partial charge in [0.15, 0.2) is 11.5 Å². The molecule has 9 nitrogen and oxygen atoms in total. The Hall–Kier alpha value is -2.72. The van der Waals surface area contributed by atoms with Crippen molar-refractivity contribution in [2.45, 2.75) is 6.54 Å². The van der Waals surface area contributed by atoms with Crippen LogP contribution in [0.3, 0.4) is 0 Å². The van der Waals surface area contributed by atoms with Crippen LogP contribution in [0.2, 0.25) is 0 Å². The molecule has 10 heteroatoms. The summed E-state index contributed by atoms with van der Waals surface area (Å²) in [5.74, 6) is -1.02. The molecule has 0 unspecified atom stereocenters. The Labute approximate surface area is 163 Å². The third-order valence-electron chi connectivity index (χ3n) is 3.78. The van der Waals surface area contributed by atoms with Crippen LogP contribution in [0.4, 0.5) is 0 Å². The Balaban J connectivity index is 2.66. The maximum Gasteiger partial charge on any atom is 0.353 e. The van der Waals surface area contributed by atoms with Crippen molar-refractivity contribution >= 4 is 27.9 Å². The van der Waals surface area contributed by atoms with Crippen LogP contribution in [0.15, 0.2) is 16.6 Å². The number of nitrogens with one attached hydrogen (secondary N) is 2. The number of carboxylic acid groups (broad SMARTS) is 2. The fourth-order valence-electron chi connectivity index (χ4n) is 2.68. The first-order valence-corrected chi connectivity index (χ1v) is 8.50. The summed E-state index contributed by atoms with van der Waals surface area (Å²) in [4.78, 5) is 25.1. The highest BCUT2D eigenvalue weighted by Crippen LogP contribution is 2.47. The third-order valence-corrected chi connectivity index (χ3v) is 4.58. The molecule has 0 aliphatic heterocycles. The zero-order valence-electron chi connectivity index (χ0n) is 14.9. The second kappa shape index (κ2) is 8.78. The monoisotopic (exact) mass is 442 g/mol. The van der Waals surface area contributed by atoms with Gasteiger partial charge in [-0.25, -0.2) is 4.79 Å². The molecule has 1 aromatic carbocycles. The standard InChI is InChI=1S/C17H19BrN2O7/c1-25-10-5-4-8(15(26-2)16(10)27-3)12-9(6-19-7-11(21)22)20-14(13(12)18)17(23)24/h4-5,19-20H,6-7H2,1-3H3,(H,21,22)(H,23,24). The van der Waals surface area contributed by atoms with Gasteiger partial charge >= 0.3 is 11.9 Å². The lowest BCUT2D eigenvalue weighted by Gasteiger charge is -2.16. The molecule has 1 aromatic heterocycles. The third kappa shape index (κ3) is 4.17. The van der Waals surface area contributed by atoms with Crippen molar-refractivity contribution in [3.05, 3.63) is 28.0 Å². The quantitative estimate of drug-likeness (QED) is 0.465. The summed E-state index contributed by atoms with van der Waals surface area (Å²) in [6, 6.07) is 3.38. The Morgan fingerprint density at radius 3 is 2.30 bits per heavy atom. The maximum absolute atomic E-state index is 11.5. The van der Waals surface area contributed by atoms with Gasteiger partial charge in [0.1, 0.15) is 5.69 Å². The number of rotatable bonds is 9. The molecule has 2 aromatic rings. The van der Waals surface area contributed by atoms with Crippen molar-refractivity contribution in [2.75, 3.05) is 27.9 Å². The molecule has 27 heavy (non-hydrogen) atoms. The second-order valence-electron chi connectivity index (χ2n) is 5.35. The Bertz CT molecular complexity index is 863. The van der Waals surface area contributed by atoms with Gasteiger partial charge in [0.25, 0.3) is 0 Å². The van der Waals surface area contributed by atoms with E-state index in [1.807, 2.05) is 0 Å². The number of H-pyrrole nitrogens is 1. The molecule has 1 heterocycles. The fourth-order valence-corrected chi connectivity index (χ4v) is 3.40. The van der Waals surface area contributed by atoms with Crippen molar-refractivity contribution in [3.63, 3.8) is 0 Å². The van der Waals surface area contributed by atoms with E-state index in [-0.39, 0.29) is 18.8 Å². The molecule has 0 radical (unpaired) electrons. The summed E-state index contributed by atoms with van der Waals surface area (Å²) in [5, 5.41) is 21.0. The molecule has 0 saturated carbocycles. The zero-order chi connectivity index (χ0) is 20.1. The normalized spacial score (nSPS) is 10.5. The van der Waals surface area contributed by atoms with Gasteiger partial charge in [0.2, 0.25) is 5.75 Å². The molecular weight excluding hydrogens is 424 g/mol. The fraction of sp³-hybridized carbons (Fsp3) is 0.294. The Morgan fingerprint density at radius 2 is 1.78 bits per heavy atom. The molecule has 0 spiro atoms. The minimum absolute atomic E-state index is 0.0611. The van der Waals surface area contributed by atoms with Crippen LogP contribution in [-0.2, 0) is 11.3 Å². The van der Waals surface area contributed by atoms with Crippen molar-refractivity contribution in [3.8, 4) is 28.4 Å². The highest BCUT2D eigenvalue weighted by atomic mass is 79.9. The van der Waals surface area contributed by atoms with Crippen molar-refractivity contribution in [1.29, 1.82) is 0 Å². The summed E-state index contributed by atoms with van der Waals surface area (Å²) >= 11 is 3.32. The molecule has 0 bridgehead atoms. The van der Waals surface area contributed by atoms with E-state index in [2.05, 4.69) is 26.2 Å². The predicted octanol–water partition coefficient (Wildman–Crippen LogP) is 2.34. The summed E-state index contributed by atoms with van der Waals surface area (Å²) in [5.41, 5.74) is 1.49. The summed E-state index contributed by atoms with van der Waals surface area (Å²) < 4.78 is 16.4. The van der Waals surface area contributed by atoms with Gasteiger partial charge in [-0.3, -0.25) is 4.79 Å². The van der Waals surface area contributed by atoms with Gasteiger partial charge in [-0.15, -0.1) is 0 Å². The van der Waals surface area contributed by atoms with Gasteiger partial charge in [-0.1, -0.05) is 0 Å². The largest absolute Gasteiger partial charge is 0.493 e. The van der Waals surface area contributed by atoms with Gasteiger partial charge < -0.3 is 34.7 Å². The average molecular weight is 443 g/mol. The number of aliphatic carboxylic acids is 1. The first-order valence-electron chi connectivity index (χ1n) is 7.71. The van der Waals surface area contributed by atoms with Gasteiger partial charge in [-0.2, -0.15) is 0 Å². The van der Waals surface area contributed by atoms with E-state index in [1.54, 1.807) is 12.1 Å². The lowest BCUT2D eigenvalue weighted by Crippen LogP contribution is -2.22. The van der Waals surface area contributed by atoms with Gasteiger partial charge in [-0.05, 0) is 28.1 Å². The van der Waals surface area contributed by atoms with Crippen LogP contribution in [0.25, 0.3) is 11.1 Å². The summed E-state index contributed by atoms with van der Waals surface area (Å²) in [7, 11) is 4.42. The molecule has 0 aliphatic carbocycles. The first-order chi connectivity index (χ1) is 12.8. The molecule has 0 atom stereocenters. The Morgan fingerprint density at radius 1 is 1.11 bits per heavy atom. The van der Waals surface area contributed by atoms with Crippen LogP contribution in [0, 0.1) is 0 Å². The molecule has 0 fully saturated rings. The Kier molecular flexibility index (Phi) is 6.70. The maximum atomic E-state index is 11.5. The summed E-state index contributed by atoms with van der Waals surface area (Å²) in [6.45, 7) is -0.174. The number of hydrogen-bond donors (Lipinski definition) is 4. The van der Waals surface area contributed by atoms with Crippen LogP contribution >= 0.6 is 15.9 Å². The SMILES string of the molecule is COc1ccc(-c2c(CNCC(=O)O)[nH]c(C(=O)O)c2Br)c(OC)c1OC. The van der Waals surface area contributed by atoms with E-state index < -0.39 is 11.9 Å². The van der Waals surface area contributed by atoms with Crippen LogP contribution in [0.5, 0.6) is 17.2 Å². The van der Waals surface area contributed by atoms with E-state index in [0.29, 0.717) is 38.5 Å². The minimum atomic E-state index is -1.16. The topological polar surface area (TPSA) is 130 Å². The number of aromatic nitrogens is 1.